The largest absolute Gasteiger partial charge is 0.307 e. The van der Waals surface area contributed by atoms with Crippen LogP contribution in [0.25, 0.3) is 6.08 Å². The Hall–Kier alpha value is -1.59. The molecule has 0 fully saturated rings. The van der Waals surface area contributed by atoms with Gasteiger partial charge in [-0.1, -0.05) is 30.3 Å². The van der Waals surface area contributed by atoms with Crippen LogP contribution in [0.2, 0.25) is 0 Å². The Bertz CT molecular complexity index is 391. The maximum Gasteiger partial charge on any atom is 0.0961 e. The monoisotopic (exact) mass is 214 g/mol. The molecule has 1 aromatic rings. The van der Waals surface area contributed by atoms with Gasteiger partial charge in [0.15, 0.2) is 0 Å². The summed E-state index contributed by atoms with van der Waals surface area (Å²) in [5, 5.41) is 12.3. The normalized spacial score (nSPS) is 12.2. The molecule has 16 heavy (non-hydrogen) atoms. The molecule has 0 saturated heterocycles. The van der Waals surface area contributed by atoms with E-state index in [4.69, 9.17) is 5.26 Å². The van der Waals surface area contributed by atoms with Crippen LogP contribution in [0.5, 0.6) is 0 Å². The average molecular weight is 214 g/mol. The van der Waals surface area contributed by atoms with Crippen LogP contribution >= 0.6 is 0 Å². The fourth-order valence-corrected chi connectivity index (χ4v) is 1.23. The molecule has 0 atom stereocenters. The van der Waals surface area contributed by atoms with Gasteiger partial charge in [-0.2, -0.15) is 5.26 Å². The van der Waals surface area contributed by atoms with E-state index in [9.17, 15) is 0 Å². The van der Waals surface area contributed by atoms with E-state index in [0.29, 0.717) is 6.54 Å². The lowest BCUT2D eigenvalue weighted by Crippen LogP contribution is -2.36. The lowest BCUT2D eigenvalue weighted by atomic mass is 10.1. The van der Waals surface area contributed by atoms with Crippen LogP contribution < -0.4 is 5.32 Å². The van der Waals surface area contributed by atoms with Crippen LogP contribution in [0.1, 0.15) is 26.3 Å². The molecule has 1 aromatic carbocycles. The second-order valence-electron chi connectivity index (χ2n) is 4.80. The van der Waals surface area contributed by atoms with Crippen LogP contribution in [0.4, 0.5) is 0 Å². The topological polar surface area (TPSA) is 35.8 Å². The Balaban J connectivity index is 2.69. The van der Waals surface area contributed by atoms with Gasteiger partial charge in [0, 0.05) is 17.7 Å². The van der Waals surface area contributed by atoms with Crippen molar-refractivity contribution in [3.8, 4) is 6.07 Å². The van der Waals surface area contributed by atoms with E-state index in [-0.39, 0.29) is 5.54 Å². The van der Waals surface area contributed by atoms with Crippen molar-refractivity contribution in [2.24, 2.45) is 0 Å². The number of nitrogens with zero attached hydrogens (tertiary/aromatic N) is 1. The predicted octanol–water partition coefficient (Wildman–Crippen LogP) is 2.98. The van der Waals surface area contributed by atoms with Crippen molar-refractivity contribution in [2.75, 3.05) is 6.54 Å². The van der Waals surface area contributed by atoms with Gasteiger partial charge < -0.3 is 5.32 Å². The van der Waals surface area contributed by atoms with Crippen LogP contribution in [-0.2, 0) is 0 Å². The zero-order chi connectivity index (χ0) is 12.0. The Kier molecular flexibility index (Phi) is 4.28. The summed E-state index contributed by atoms with van der Waals surface area (Å²) in [4.78, 5) is 0. The molecular weight excluding hydrogens is 196 g/mol. The fourth-order valence-electron chi connectivity index (χ4n) is 1.23. The maximum atomic E-state index is 9.03. The first-order chi connectivity index (χ1) is 7.51. The molecule has 0 bridgehead atoms. The zero-order valence-electron chi connectivity index (χ0n) is 10.1. The van der Waals surface area contributed by atoms with Gasteiger partial charge >= 0.3 is 0 Å². The minimum Gasteiger partial charge on any atom is -0.307 e. The molecule has 2 heteroatoms. The predicted molar refractivity (Wildman–Crippen MR) is 67.8 cm³/mol. The van der Waals surface area contributed by atoms with E-state index in [1.165, 1.54) is 0 Å². The molecule has 0 radical (unpaired) electrons. The maximum absolute atomic E-state index is 9.03. The minimum atomic E-state index is 0.0344. The highest BCUT2D eigenvalue weighted by atomic mass is 14.9. The molecule has 84 valence electrons. The summed E-state index contributed by atoms with van der Waals surface area (Å²) in [5.41, 5.74) is 1.85. The van der Waals surface area contributed by atoms with Crippen molar-refractivity contribution < 1.29 is 0 Å². The molecule has 0 amide bonds. The number of hydrogen-bond donors (Lipinski definition) is 1. The highest BCUT2D eigenvalue weighted by molar-refractivity contribution is 5.57. The van der Waals surface area contributed by atoms with Gasteiger partial charge in [0.25, 0.3) is 0 Å². The number of nitrogens with one attached hydrogen (secondary N) is 1. The van der Waals surface area contributed by atoms with E-state index >= 15 is 0 Å². The first kappa shape index (κ1) is 12.5. The molecule has 2 nitrogen and oxygen atoms in total. The first-order valence-electron chi connectivity index (χ1n) is 5.42. The number of nitriles is 1. The number of rotatable bonds is 3. The number of benzene rings is 1. The molecule has 0 spiro atoms. The Morgan fingerprint density at radius 2 is 1.94 bits per heavy atom. The van der Waals surface area contributed by atoms with Crippen LogP contribution in [0.15, 0.2) is 35.9 Å². The third-order valence-electron chi connectivity index (χ3n) is 2.09. The SMILES string of the molecule is CC(C)(C)NC/C(C#N)=C\c1ccccc1. The van der Waals surface area contributed by atoms with Crippen LogP contribution in [0.3, 0.4) is 0 Å². The second-order valence-corrected chi connectivity index (χ2v) is 4.80. The van der Waals surface area contributed by atoms with Crippen molar-refractivity contribution in [2.45, 2.75) is 26.3 Å². The molecule has 0 saturated carbocycles. The fraction of sp³-hybridized carbons (Fsp3) is 0.357. The van der Waals surface area contributed by atoms with E-state index < -0.39 is 0 Å². The van der Waals surface area contributed by atoms with Gasteiger partial charge in [-0.05, 0) is 32.4 Å². The standard InChI is InChI=1S/C14H18N2/c1-14(2,3)16-11-13(10-15)9-12-7-5-4-6-8-12/h4-9,16H,11H2,1-3H3/b13-9-. The van der Waals surface area contributed by atoms with Crippen LogP contribution in [-0.4, -0.2) is 12.1 Å². The van der Waals surface area contributed by atoms with Crippen molar-refractivity contribution in [3.05, 3.63) is 41.5 Å². The summed E-state index contributed by atoms with van der Waals surface area (Å²) in [7, 11) is 0. The molecule has 0 aromatic heterocycles. The van der Waals surface area contributed by atoms with Gasteiger partial charge in [0.05, 0.1) is 6.07 Å². The summed E-state index contributed by atoms with van der Waals surface area (Å²) in [5.74, 6) is 0. The van der Waals surface area contributed by atoms with Crippen molar-refractivity contribution in [1.82, 2.24) is 5.32 Å². The van der Waals surface area contributed by atoms with E-state index in [0.717, 1.165) is 11.1 Å². The Morgan fingerprint density at radius 1 is 1.31 bits per heavy atom. The molecule has 0 heterocycles. The highest BCUT2D eigenvalue weighted by Gasteiger charge is 2.09. The summed E-state index contributed by atoms with van der Waals surface area (Å²) in [6.07, 6.45) is 1.92. The first-order valence-corrected chi connectivity index (χ1v) is 5.42. The quantitative estimate of drug-likeness (QED) is 0.785. The highest BCUT2D eigenvalue weighted by Crippen LogP contribution is 2.07. The molecule has 0 unspecified atom stereocenters. The lowest BCUT2D eigenvalue weighted by Gasteiger charge is -2.20. The van der Waals surface area contributed by atoms with Crippen LogP contribution in [0, 0.1) is 11.3 Å². The number of hydrogen-bond acceptors (Lipinski definition) is 2. The minimum absolute atomic E-state index is 0.0344. The van der Waals surface area contributed by atoms with Gasteiger partial charge in [-0.3, -0.25) is 0 Å². The molecule has 0 aliphatic carbocycles. The van der Waals surface area contributed by atoms with Gasteiger partial charge in [0.2, 0.25) is 0 Å². The molecule has 0 aliphatic heterocycles. The Labute approximate surface area is 97.6 Å². The summed E-state index contributed by atoms with van der Waals surface area (Å²) < 4.78 is 0. The van der Waals surface area contributed by atoms with E-state index in [2.05, 4.69) is 32.2 Å². The summed E-state index contributed by atoms with van der Waals surface area (Å²) in [6, 6.07) is 12.1. The third-order valence-corrected chi connectivity index (χ3v) is 2.09. The molecule has 0 aliphatic rings. The van der Waals surface area contributed by atoms with E-state index in [1.807, 2.05) is 36.4 Å². The molecule has 1 rings (SSSR count). The second kappa shape index (κ2) is 5.48. The van der Waals surface area contributed by atoms with Crippen molar-refractivity contribution >= 4 is 6.08 Å². The molecular formula is C14H18N2. The Morgan fingerprint density at radius 3 is 2.44 bits per heavy atom. The van der Waals surface area contributed by atoms with Crippen molar-refractivity contribution in [3.63, 3.8) is 0 Å². The lowest BCUT2D eigenvalue weighted by molar-refractivity contribution is 0.447. The van der Waals surface area contributed by atoms with Gasteiger partial charge in [0.1, 0.15) is 0 Å². The summed E-state index contributed by atoms with van der Waals surface area (Å²) >= 11 is 0. The summed E-state index contributed by atoms with van der Waals surface area (Å²) in [6.45, 7) is 6.87. The molecule has 1 N–H and O–H groups in total. The average Bonchev–Trinajstić information content (AvgIpc) is 2.24. The van der Waals surface area contributed by atoms with Crippen molar-refractivity contribution in [1.29, 1.82) is 5.26 Å². The van der Waals surface area contributed by atoms with E-state index in [1.54, 1.807) is 0 Å². The zero-order valence-corrected chi connectivity index (χ0v) is 10.1. The van der Waals surface area contributed by atoms with Gasteiger partial charge in [-0.15, -0.1) is 0 Å². The van der Waals surface area contributed by atoms with Gasteiger partial charge in [-0.25, -0.2) is 0 Å². The third kappa shape index (κ3) is 4.77. The smallest absolute Gasteiger partial charge is 0.0961 e.